The lowest BCUT2D eigenvalue weighted by atomic mass is 10.2. The van der Waals surface area contributed by atoms with Gasteiger partial charge in [0, 0.05) is 25.9 Å². The van der Waals surface area contributed by atoms with Gasteiger partial charge in [0.15, 0.2) is 0 Å². The zero-order valence-electron chi connectivity index (χ0n) is 14.2. The van der Waals surface area contributed by atoms with Crippen molar-refractivity contribution < 1.29 is 18.0 Å². The molecule has 0 aliphatic carbocycles. The number of nitrogens with zero attached hydrogens (tertiary/aromatic N) is 2. The largest absolute Gasteiger partial charge is 0.272 e. The number of nitrogens with one attached hydrogen (secondary N) is 2. The molecule has 0 atom stereocenters. The number of thioether (sulfide) groups is 1. The first kappa shape index (κ1) is 19.9. The average Bonchev–Trinajstić information content (AvgIpc) is 2.65. The molecule has 0 saturated heterocycles. The Kier molecular flexibility index (Phi) is 6.72. The summed E-state index contributed by atoms with van der Waals surface area (Å²) in [7, 11) is -0.661. The van der Waals surface area contributed by atoms with Gasteiger partial charge in [-0.25, -0.2) is 17.7 Å². The smallest absolute Gasteiger partial charge is 0.269 e. The standard InChI is InChI=1S/C16H18N4O4S2/c1-20(2)26(23,24)13-8-9-15(17-10-13)25-11-14(21)18-19-16(22)12-6-4-3-5-7-12/h3-10H,11H2,1-2H3,(H,18,21)(H,19,22). The second kappa shape index (κ2) is 8.79. The highest BCUT2D eigenvalue weighted by Gasteiger charge is 2.17. The number of carbonyl (C=O) groups is 2. The highest BCUT2D eigenvalue weighted by molar-refractivity contribution is 7.99. The van der Waals surface area contributed by atoms with E-state index in [1.54, 1.807) is 30.3 Å². The molecular weight excluding hydrogens is 376 g/mol. The van der Waals surface area contributed by atoms with Crippen molar-refractivity contribution in [3.8, 4) is 0 Å². The van der Waals surface area contributed by atoms with Crippen LogP contribution in [0.3, 0.4) is 0 Å². The molecule has 2 amide bonds. The minimum atomic E-state index is -3.53. The molecule has 0 aliphatic heterocycles. The van der Waals surface area contributed by atoms with E-state index < -0.39 is 21.8 Å². The van der Waals surface area contributed by atoms with Gasteiger partial charge in [0.05, 0.1) is 10.8 Å². The van der Waals surface area contributed by atoms with Crippen LogP contribution in [0.25, 0.3) is 0 Å². The van der Waals surface area contributed by atoms with Crippen LogP contribution < -0.4 is 10.9 Å². The first-order valence-electron chi connectivity index (χ1n) is 7.46. The zero-order chi connectivity index (χ0) is 19.2. The Balaban J connectivity index is 1.83. The van der Waals surface area contributed by atoms with Crippen LogP contribution in [0.5, 0.6) is 0 Å². The van der Waals surface area contributed by atoms with Crippen molar-refractivity contribution in [1.82, 2.24) is 20.1 Å². The first-order valence-corrected chi connectivity index (χ1v) is 9.89. The monoisotopic (exact) mass is 394 g/mol. The van der Waals surface area contributed by atoms with E-state index in [0.29, 0.717) is 10.6 Å². The summed E-state index contributed by atoms with van der Waals surface area (Å²) < 4.78 is 25.0. The molecule has 0 aliphatic rings. The van der Waals surface area contributed by atoms with E-state index in [2.05, 4.69) is 15.8 Å². The molecular formula is C16H18N4O4S2. The second-order valence-electron chi connectivity index (χ2n) is 5.28. The van der Waals surface area contributed by atoms with Crippen LogP contribution in [0, 0.1) is 0 Å². The van der Waals surface area contributed by atoms with Gasteiger partial charge < -0.3 is 0 Å². The van der Waals surface area contributed by atoms with Crippen LogP contribution in [-0.4, -0.2) is 49.4 Å². The lowest BCUT2D eigenvalue weighted by Gasteiger charge is -2.11. The fourth-order valence-corrected chi connectivity index (χ4v) is 3.27. The predicted octanol–water partition coefficient (Wildman–Crippen LogP) is 0.885. The topological polar surface area (TPSA) is 108 Å². The third kappa shape index (κ3) is 5.28. The summed E-state index contributed by atoms with van der Waals surface area (Å²) in [5, 5.41) is 0.493. The molecule has 2 rings (SSSR count). The first-order chi connectivity index (χ1) is 12.3. The molecule has 10 heteroatoms. The van der Waals surface area contributed by atoms with Crippen molar-refractivity contribution in [2.24, 2.45) is 0 Å². The fourth-order valence-electron chi connectivity index (χ4n) is 1.78. The third-order valence-corrected chi connectivity index (χ3v) is 5.93. The van der Waals surface area contributed by atoms with Crippen LogP contribution in [-0.2, 0) is 14.8 Å². The number of hydrogen-bond acceptors (Lipinski definition) is 6. The van der Waals surface area contributed by atoms with Gasteiger partial charge in [0.2, 0.25) is 15.9 Å². The van der Waals surface area contributed by atoms with E-state index in [-0.39, 0.29) is 10.6 Å². The fraction of sp³-hybridized carbons (Fsp3) is 0.188. The molecule has 0 unspecified atom stereocenters. The van der Waals surface area contributed by atoms with Crippen LogP contribution in [0.1, 0.15) is 10.4 Å². The molecule has 0 spiro atoms. The highest BCUT2D eigenvalue weighted by Crippen LogP contribution is 2.18. The molecule has 0 saturated carbocycles. The third-order valence-electron chi connectivity index (χ3n) is 3.19. The minimum Gasteiger partial charge on any atom is -0.272 e. The Labute approximate surface area is 156 Å². The number of carbonyl (C=O) groups excluding carboxylic acids is 2. The average molecular weight is 394 g/mol. The van der Waals surface area contributed by atoms with Crippen molar-refractivity contribution in [2.45, 2.75) is 9.92 Å². The lowest BCUT2D eigenvalue weighted by molar-refractivity contribution is -0.119. The highest BCUT2D eigenvalue weighted by atomic mass is 32.2. The predicted molar refractivity (Wildman–Crippen MR) is 97.9 cm³/mol. The summed E-state index contributed by atoms with van der Waals surface area (Å²) in [4.78, 5) is 27.7. The maximum absolute atomic E-state index is 12.0. The van der Waals surface area contributed by atoms with E-state index >= 15 is 0 Å². The quantitative estimate of drug-likeness (QED) is 0.556. The van der Waals surface area contributed by atoms with E-state index in [4.69, 9.17) is 0 Å². The van der Waals surface area contributed by atoms with Crippen molar-refractivity contribution in [1.29, 1.82) is 0 Å². The summed E-state index contributed by atoms with van der Waals surface area (Å²) >= 11 is 1.12. The summed E-state index contributed by atoms with van der Waals surface area (Å²) in [6.07, 6.45) is 1.24. The van der Waals surface area contributed by atoms with Gasteiger partial charge in [-0.15, -0.1) is 0 Å². The molecule has 138 valence electrons. The number of pyridine rings is 1. The van der Waals surface area contributed by atoms with Gasteiger partial charge in [-0.3, -0.25) is 20.4 Å². The van der Waals surface area contributed by atoms with Crippen LogP contribution in [0.15, 0.2) is 58.6 Å². The van der Waals surface area contributed by atoms with Gasteiger partial charge in [-0.2, -0.15) is 0 Å². The SMILES string of the molecule is CN(C)S(=O)(=O)c1ccc(SCC(=O)NNC(=O)c2ccccc2)nc1. The van der Waals surface area contributed by atoms with Crippen LogP contribution in [0.2, 0.25) is 0 Å². The Hall–Kier alpha value is -2.43. The zero-order valence-corrected chi connectivity index (χ0v) is 15.8. The van der Waals surface area contributed by atoms with Gasteiger partial charge in [0.1, 0.15) is 4.90 Å². The maximum atomic E-state index is 12.0. The molecule has 1 aromatic carbocycles. The number of aromatic nitrogens is 1. The van der Waals surface area contributed by atoms with Crippen molar-refractivity contribution in [3.05, 3.63) is 54.2 Å². The molecule has 8 nitrogen and oxygen atoms in total. The van der Waals surface area contributed by atoms with E-state index in [0.717, 1.165) is 16.1 Å². The van der Waals surface area contributed by atoms with E-state index in [1.807, 2.05) is 0 Å². The number of hydrazine groups is 1. The molecule has 1 aromatic heterocycles. The Morgan fingerprint density at radius 2 is 1.77 bits per heavy atom. The van der Waals surface area contributed by atoms with Crippen molar-refractivity contribution in [2.75, 3.05) is 19.8 Å². The summed E-state index contributed by atoms with van der Waals surface area (Å²) in [6.45, 7) is 0. The Bertz CT molecular complexity index is 869. The van der Waals surface area contributed by atoms with Crippen molar-refractivity contribution in [3.63, 3.8) is 0 Å². The van der Waals surface area contributed by atoms with E-state index in [1.165, 1.54) is 32.4 Å². The maximum Gasteiger partial charge on any atom is 0.269 e. The summed E-state index contributed by atoms with van der Waals surface area (Å²) in [5.74, 6) is -0.812. The summed E-state index contributed by atoms with van der Waals surface area (Å²) in [5.41, 5.74) is 5.06. The van der Waals surface area contributed by atoms with Crippen molar-refractivity contribution >= 4 is 33.6 Å². The number of amides is 2. The van der Waals surface area contributed by atoms with Gasteiger partial charge in [0.25, 0.3) is 5.91 Å². The minimum absolute atomic E-state index is 0.0157. The number of sulfonamides is 1. The molecule has 0 radical (unpaired) electrons. The lowest BCUT2D eigenvalue weighted by Crippen LogP contribution is -2.42. The van der Waals surface area contributed by atoms with Gasteiger partial charge >= 0.3 is 0 Å². The van der Waals surface area contributed by atoms with Gasteiger partial charge in [-0.1, -0.05) is 30.0 Å². The van der Waals surface area contributed by atoms with Crippen LogP contribution >= 0.6 is 11.8 Å². The van der Waals surface area contributed by atoms with Crippen LogP contribution in [0.4, 0.5) is 0 Å². The number of rotatable bonds is 6. The molecule has 0 fully saturated rings. The Morgan fingerprint density at radius 1 is 1.08 bits per heavy atom. The summed E-state index contributed by atoms with van der Waals surface area (Å²) in [6, 6.07) is 11.4. The van der Waals surface area contributed by atoms with Gasteiger partial charge in [-0.05, 0) is 24.3 Å². The molecule has 1 heterocycles. The molecule has 2 N–H and O–H groups in total. The second-order valence-corrected chi connectivity index (χ2v) is 8.42. The Morgan fingerprint density at radius 3 is 2.35 bits per heavy atom. The number of hydrogen-bond donors (Lipinski definition) is 2. The molecule has 2 aromatic rings. The molecule has 0 bridgehead atoms. The van der Waals surface area contributed by atoms with E-state index in [9.17, 15) is 18.0 Å². The normalized spacial score (nSPS) is 11.2. The number of benzene rings is 1. The molecule has 26 heavy (non-hydrogen) atoms.